The molecule has 1 N–H and O–H groups in total. The van der Waals surface area contributed by atoms with E-state index in [0.29, 0.717) is 0 Å². The number of hydrogen-bond donors (Lipinski definition) is 1. The predicted octanol–water partition coefficient (Wildman–Crippen LogP) is 2.34. The Morgan fingerprint density at radius 2 is 2.06 bits per heavy atom. The molecule has 4 nitrogen and oxygen atoms in total. The van der Waals surface area contributed by atoms with Gasteiger partial charge in [-0.05, 0) is 32.4 Å². The quantitative estimate of drug-likeness (QED) is 0.690. The Morgan fingerprint density at radius 3 is 2.62 bits per heavy atom. The molecule has 0 atom stereocenters. The van der Waals surface area contributed by atoms with Gasteiger partial charge in [0.25, 0.3) is 0 Å². The average molecular weight is 225 g/mol. The summed E-state index contributed by atoms with van der Waals surface area (Å²) in [7, 11) is 0. The molecule has 0 aliphatic carbocycles. The van der Waals surface area contributed by atoms with Crippen LogP contribution in [-0.2, 0) is 6.42 Å². The maximum absolute atomic E-state index is 5.05. The second kappa shape index (κ2) is 7.39. The third kappa shape index (κ3) is 4.75. The number of rotatable bonds is 8. The van der Waals surface area contributed by atoms with Crippen molar-refractivity contribution in [2.75, 3.05) is 13.1 Å². The second-order valence-corrected chi connectivity index (χ2v) is 4.23. The smallest absolute Gasteiger partial charge is 0.226 e. The molecule has 1 aromatic rings. The average Bonchev–Trinajstić information content (AvgIpc) is 2.70. The summed E-state index contributed by atoms with van der Waals surface area (Å²) in [5.74, 6) is 2.28. The Hall–Kier alpha value is -0.900. The van der Waals surface area contributed by atoms with Gasteiger partial charge in [0.1, 0.15) is 0 Å². The molecular formula is C12H23N3O. The van der Waals surface area contributed by atoms with Crippen molar-refractivity contribution in [2.24, 2.45) is 5.92 Å². The van der Waals surface area contributed by atoms with Crippen molar-refractivity contribution in [1.29, 1.82) is 0 Å². The van der Waals surface area contributed by atoms with E-state index in [1.807, 2.05) is 6.92 Å². The lowest BCUT2D eigenvalue weighted by Crippen LogP contribution is -2.23. The van der Waals surface area contributed by atoms with Gasteiger partial charge < -0.3 is 9.84 Å². The van der Waals surface area contributed by atoms with E-state index in [4.69, 9.17) is 4.52 Å². The molecule has 0 radical (unpaired) electrons. The predicted molar refractivity (Wildman–Crippen MR) is 64.3 cm³/mol. The number of hydrogen-bond acceptors (Lipinski definition) is 4. The highest BCUT2D eigenvalue weighted by Crippen LogP contribution is 2.05. The van der Waals surface area contributed by atoms with E-state index in [-0.39, 0.29) is 0 Å². The largest absolute Gasteiger partial charge is 0.339 e. The second-order valence-electron chi connectivity index (χ2n) is 4.23. The first kappa shape index (κ1) is 13.2. The first-order valence-electron chi connectivity index (χ1n) is 6.26. The van der Waals surface area contributed by atoms with Crippen molar-refractivity contribution in [1.82, 2.24) is 15.5 Å². The van der Waals surface area contributed by atoms with Crippen LogP contribution in [0.25, 0.3) is 0 Å². The van der Waals surface area contributed by atoms with Crippen molar-refractivity contribution in [3.8, 4) is 0 Å². The van der Waals surface area contributed by atoms with Crippen LogP contribution in [0.15, 0.2) is 4.52 Å². The molecule has 1 rings (SSSR count). The van der Waals surface area contributed by atoms with Crippen molar-refractivity contribution >= 4 is 0 Å². The van der Waals surface area contributed by atoms with Crippen molar-refractivity contribution in [3.63, 3.8) is 0 Å². The summed E-state index contributed by atoms with van der Waals surface area (Å²) in [6, 6.07) is 0. The van der Waals surface area contributed by atoms with Crippen LogP contribution in [0, 0.1) is 12.8 Å². The van der Waals surface area contributed by atoms with E-state index in [1.165, 1.54) is 12.8 Å². The van der Waals surface area contributed by atoms with Crippen LogP contribution >= 0.6 is 0 Å². The lowest BCUT2D eigenvalue weighted by atomic mass is 10.0. The highest BCUT2D eigenvalue weighted by Gasteiger charge is 2.03. The van der Waals surface area contributed by atoms with Crippen LogP contribution in [0.5, 0.6) is 0 Å². The minimum Gasteiger partial charge on any atom is -0.339 e. The molecule has 1 aromatic heterocycles. The van der Waals surface area contributed by atoms with Crippen LogP contribution in [0.4, 0.5) is 0 Å². The Balaban J connectivity index is 2.04. The number of nitrogens with zero attached hydrogens (tertiary/aromatic N) is 2. The minimum atomic E-state index is 0.722. The topological polar surface area (TPSA) is 51.0 Å². The first-order valence-corrected chi connectivity index (χ1v) is 6.26. The fourth-order valence-electron chi connectivity index (χ4n) is 1.69. The van der Waals surface area contributed by atoms with Crippen LogP contribution in [0.2, 0.25) is 0 Å². The highest BCUT2D eigenvalue weighted by molar-refractivity contribution is 4.82. The Kier molecular flexibility index (Phi) is 6.08. The van der Waals surface area contributed by atoms with Gasteiger partial charge >= 0.3 is 0 Å². The summed E-state index contributed by atoms with van der Waals surface area (Å²) >= 11 is 0. The number of aromatic nitrogens is 2. The molecule has 0 spiro atoms. The van der Waals surface area contributed by atoms with Crippen molar-refractivity contribution in [2.45, 2.75) is 46.5 Å². The van der Waals surface area contributed by atoms with Crippen LogP contribution < -0.4 is 5.32 Å². The molecule has 0 aliphatic rings. The monoisotopic (exact) mass is 225 g/mol. The molecule has 0 aromatic carbocycles. The Morgan fingerprint density at radius 1 is 1.31 bits per heavy atom. The molecule has 0 amide bonds. The molecule has 0 fully saturated rings. The molecule has 0 aliphatic heterocycles. The maximum atomic E-state index is 5.05. The van der Waals surface area contributed by atoms with Gasteiger partial charge in [0.15, 0.2) is 5.82 Å². The molecule has 0 saturated heterocycles. The van der Waals surface area contributed by atoms with Gasteiger partial charge in [-0.15, -0.1) is 0 Å². The maximum Gasteiger partial charge on any atom is 0.226 e. The van der Waals surface area contributed by atoms with Crippen LogP contribution in [-0.4, -0.2) is 23.2 Å². The minimum absolute atomic E-state index is 0.722. The van der Waals surface area contributed by atoms with Gasteiger partial charge in [-0.3, -0.25) is 0 Å². The fourth-order valence-corrected chi connectivity index (χ4v) is 1.69. The molecule has 92 valence electrons. The van der Waals surface area contributed by atoms with Crippen molar-refractivity contribution < 1.29 is 4.52 Å². The lowest BCUT2D eigenvalue weighted by Gasteiger charge is -2.12. The summed E-state index contributed by atoms with van der Waals surface area (Å²) in [6.45, 7) is 8.49. The Bertz CT molecular complexity index is 282. The standard InChI is InChI=1S/C12H23N3O/c1-4-11(5-2)9-13-8-6-7-12-14-10(3)15-16-12/h11,13H,4-9H2,1-3H3. The molecular weight excluding hydrogens is 202 g/mol. The molecule has 0 saturated carbocycles. The molecule has 0 bridgehead atoms. The van der Waals surface area contributed by atoms with E-state index < -0.39 is 0 Å². The first-order chi connectivity index (χ1) is 7.76. The van der Waals surface area contributed by atoms with E-state index in [2.05, 4.69) is 29.3 Å². The summed E-state index contributed by atoms with van der Waals surface area (Å²) in [5, 5.41) is 7.24. The third-order valence-corrected chi connectivity index (χ3v) is 2.90. The fraction of sp³-hybridized carbons (Fsp3) is 0.833. The summed E-state index contributed by atoms with van der Waals surface area (Å²) < 4.78 is 5.05. The van der Waals surface area contributed by atoms with Crippen molar-refractivity contribution in [3.05, 3.63) is 11.7 Å². The van der Waals surface area contributed by atoms with Gasteiger partial charge in [-0.25, -0.2) is 0 Å². The van der Waals surface area contributed by atoms with Crippen LogP contribution in [0.1, 0.15) is 44.8 Å². The number of nitrogens with one attached hydrogen (secondary N) is 1. The molecule has 16 heavy (non-hydrogen) atoms. The van der Waals surface area contributed by atoms with Gasteiger partial charge in [-0.2, -0.15) is 4.98 Å². The number of aryl methyl sites for hydroxylation is 2. The van der Waals surface area contributed by atoms with Gasteiger partial charge in [-0.1, -0.05) is 31.8 Å². The van der Waals surface area contributed by atoms with E-state index >= 15 is 0 Å². The molecule has 1 heterocycles. The summed E-state index contributed by atoms with van der Waals surface area (Å²) in [6.07, 6.45) is 4.44. The zero-order valence-electron chi connectivity index (χ0n) is 10.6. The van der Waals surface area contributed by atoms with Crippen LogP contribution in [0.3, 0.4) is 0 Å². The van der Waals surface area contributed by atoms with Gasteiger partial charge in [0, 0.05) is 6.42 Å². The zero-order valence-corrected chi connectivity index (χ0v) is 10.6. The lowest BCUT2D eigenvalue weighted by molar-refractivity contribution is 0.369. The van der Waals surface area contributed by atoms with Gasteiger partial charge in [0.2, 0.25) is 5.89 Å². The van der Waals surface area contributed by atoms with E-state index in [0.717, 1.165) is 43.6 Å². The van der Waals surface area contributed by atoms with Gasteiger partial charge in [0.05, 0.1) is 0 Å². The third-order valence-electron chi connectivity index (χ3n) is 2.90. The zero-order chi connectivity index (χ0) is 11.8. The summed E-state index contributed by atoms with van der Waals surface area (Å²) in [5.41, 5.74) is 0. The molecule has 4 heteroatoms. The highest BCUT2D eigenvalue weighted by atomic mass is 16.5. The van der Waals surface area contributed by atoms with E-state index in [9.17, 15) is 0 Å². The SMILES string of the molecule is CCC(CC)CNCCCc1nc(C)no1. The summed E-state index contributed by atoms with van der Waals surface area (Å²) in [4.78, 5) is 4.17. The molecule has 0 unspecified atom stereocenters. The normalized spacial score (nSPS) is 11.2. The Labute approximate surface area is 97.8 Å². The van der Waals surface area contributed by atoms with E-state index in [1.54, 1.807) is 0 Å².